The van der Waals surface area contributed by atoms with Crippen molar-refractivity contribution >= 4 is 39.9 Å². The summed E-state index contributed by atoms with van der Waals surface area (Å²) in [6, 6.07) is 1.51. The van der Waals surface area contributed by atoms with Gasteiger partial charge in [0.25, 0.3) is 5.91 Å². The number of pyridine rings is 1. The van der Waals surface area contributed by atoms with Crippen LogP contribution in [0.5, 0.6) is 5.88 Å². The molecule has 5 rings (SSSR count). The molecule has 1 saturated heterocycles. The Morgan fingerprint density at radius 3 is 2.64 bits per heavy atom. The number of nitrogens with zero attached hydrogens (tertiary/aromatic N) is 2. The lowest BCUT2D eigenvalue weighted by atomic mass is 9.85. The maximum absolute atomic E-state index is 14.3. The lowest BCUT2D eigenvalue weighted by Crippen LogP contribution is -2.60. The number of nitrogens with one attached hydrogen (secondary N) is 3. The second-order valence-corrected chi connectivity index (χ2v) is 15.9. The summed E-state index contributed by atoms with van der Waals surface area (Å²) in [6.07, 6.45) is 10.1. The zero-order valence-electron chi connectivity index (χ0n) is 27.2. The molecular formula is C33H45N5O8S. The molecule has 4 amide bonds. The van der Waals surface area contributed by atoms with Crippen molar-refractivity contribution < 1.29 is 37.1 Å². The molecule has 0 unspecified atom stereocenters. The first-order chi connectivity index (χ1) is 22.2. The number of hydrogen-bond donors (Lipinski definition) is 3. The molecule has 13 nitrogen and oxygen atoms in total. The minimum absolute atomic E-state index is 0.0000980. The highest BCUT2D eigenvalue weighted by Crippen LogP contribution is 2.45. The molecular weight excluding hydrogens is 626 g/mol. The van der Waals surface area contributed by atoms with E-state index in [0.29, 0.717) is 25.1 Å². The fourth-order valence-corrected chi connectivity index (χ4v) is 7.43. The van der Waals surface area contributed by atoms with Crippen LogP contribution in [0.1, 0.15) is 77.7 Å². The predicted octanol–water partition coefficient (Wildman–Crippen LogP) is 2.83. The Hall–Kier alpha value is -3.94. The van der Waals surface area contributed by atoms with E-state index >= 15 is 0 Å². The lowest BCUT2D eigenvalue weighted by Gasteiger charge is -2.35. The Bertz CT molecular complexity index is 1540. The first kappa shape index (κ1) is 34.4. The fourth-order valence-electron chi connectivity index (χ4n) is 6.07. The van der Waals surface area contributed by atoms with Crippen molar-refractivity contribution in [1.82, 2.24) is 25.2 Å². The Balaban J connectivity index is 1.44. The van der Waals surface area contributed by atoms with E-state index in [2.05, 4.69) is 26.9 Å². The summed E-state index contributed by atoms with van der Waals surface area (Å²) in [5, 5.41) is 4.87. The number of allylic oxidation sites excluding steroid dienone is 1. The van der Waals surface area contributed by atoms with Gasteiger partial charge in [0.1, 0.15) is 23.7 Å². The van der Waals surface area contributed by atoms with E-state index < -0.39 is 74.1 Å². The molecule has 3 N–H and O–H groups in total. The summed E-state index contributed by atoms with van der Waals surface area (Å²) in [5.74, 6) is -2.13. The third-order valence-corrected chi connectivity index (χ3v) is 10.9. The first-order valence-corrected chi connectivity index (χ1v) is 17.8. The van der Waals surface area contributed by atoms with Crippen LogP contribution in [-0.2, 0) is 29.1 Å². The molecule has 2 aliphatic carbocycles. The van der Waals surface area contributed by atoms with Crippen molar-refractivity contribution in [2.75, 3.05) is 13.2 Å². The highest BCUT2D eigenvalue weighted by Gasteiger charge is 2.62. The van der Waals surface area contributed by atoms with Crippen molar-refractivity contribution in [1.29, 1.82) is 0 Å². The normalized spacial score (nSPS) is 29.5. The van der Waals surface area contributed by atoms with Crippen molar-refractivity contribution in [2.24, 2.45) is 11.3 Å². The van der Waals surface area contributed by atoms with Crippen molar-refractivity contribution in [3.05, 3.63) is 42.6 Å². The van der Waals surface area contributed by atoms with E-state index in [9.17, 15) is 27.6 Å². The fraction of sp³-hybridized carbons (Fsp3) is 0.606. The first-order valence-electron chi connectivity index (χ1n) is 16.3. The van der Waals surface area contributed by atoms with Crippen molar-refractivity contribution in [2.45, 2.75) is 101 Å². The Kier molecular flexibility index (Phi) is 9.99. The maximum Gasteiger partial charge on any atom is 0.407 e. The Morgan fingerprint density at radius 2 is 1.96 bits per heavy atom. The summed E-state index contributed by atoms with van der Waals surface area (Å²) < 4.78 is 39.1. The summed E-state index contributed by atoms with van der Waals surface area (Å²) in [5.41, 5.74) is -1.54. The highest BCUT2D eigenvalue weighted by atomic mass is 32.2. The number of hydrogen-bond acceptors (Lipinski definition) is 9. The van der Waals surface area contributed by atoms with Gasteiger partial charge in [-0.2, -0.15) is 0 Å². The number of aromatic nitrogens is 1. The van der Waals surface area contributed by atoms with E-state index in [4.69, 9.17) is 9.47 Å². The minimum Gasteiger partial charge on any atom is -0.472 e. The van der Waals surface area contributed by atoms with Gasteiger partial charge in [-0.05, 0) is 62.5 Å². The van der Waals surface area contributed by atoms with Gasteiger partial charge < -0.3 is 25.0 Å². The topological polar surface area (TPSA) is 173 Å². The molecule has 0 spiro atoms. The summed E-state index contributed by atoms with van der Waals surface area (Å²) >= 11 is 0. The standard InChI is InChI=1S/C33H45N5O8S/c1-5-22-19-33(22,30(41)37-47(43,44)24-14-15-24)36-27(39)25-18-23-20-38(25)29(40)26(32(2,3)4)35-31(42)45-17-10-8-6-7-9-12-21-13-11-16-34-28(21)46-23/h5,9,11-13,16,22-26H,1,6-8,10,14-15,17-20H2,2-4H3,(H,35,42)(H,36,39)(H,37,41)/b12-9-/t22-,23-,25+,26-,33-/m1/s1. The van der Waals surface area contributed by atoms with E-state index in [0.717, 1.165) is 24.8 Å². The highest BCUT2D eigenvalue weighted by molar-refractivity contribution is 7.91. The van der Waals surface area contributed by atoms with Crippen LogP contribution in [0.4, 0.5) is 4.79 Å². The van der Waals surface area contributed by atoms with Crippen LogP contribution >= 0.6 is 0 Å². The molecule has 2 aliphatic heterocycles. The van der Waals surface area contributed by atoms with Gasteiger partial charge in [0, 0.05) is 24.1 Å². The van der Waals surface area contributed by atoms with Crippen LogP contribution in [0, 0.1) is 11.3 Å². The zero-order chi connectivity index (χ0) is 34.0. The molecule has 0 aromatic carbocycles. The lowest BCUT2D eigenvalue weighted by molar-refractivity contribution is -0.142. The predicted molar refractivity (Wildman–Crippen MR) is 173 cm³/mol. The average Bonchev–Trinajstić information content (AvgIpc) is 3.93. The quantitative estimate of drug-likeness (QED) is 0.385. The molecule has 14 heteroatoms. The van der Waals surface area contributed by atoms with Gasteiger partial charge >= 0.3 is 6.09 Å². The number of alkyl carbamates (subject to hydrolysis) is 1. The second-order valence-electron chi connectivity index (χ2n) is 13.9. The molecule has 4 aliphatic rings. The molecule has 1 aromatic heterocycles. The molecule has 2 saturated carbocycles. The van der Waals surface area contributed by atoms with Crippen molar-refractivity contribution in [3.8, 4) is 5.88 Å². The minimum atomic E-state index is -3.87. The van der Waals surface area contributed by atoms with Gasteiger partial charge in [-0.3, -0.25) is 19.1 Å². The van der Waals surface area contributed by atoms with Gasteiger partial charge in [-0.1, -0.05) is 39.0 Å². The smallest absolute Gasteiger partial charge is 0.407 e. The molecule has 1 aromatic rings. The Labute approximate surface area is 276 Å². The number of amides is 4. The third kappa shape index (κ3) is 7.96. The molecule has 2 bridgehead atoms. The number of ether oxygens (including phenoxy) is 2. The summed E-state index contributed by atoms with van der Waals surface area (Å²) in [4.78, 5) is 60.3. The maximum atomic E-state index is 14.3. The molecule has 47 heavy (non-hydrogen) atoms. The number of rotatable bonds is 6. The van der Waals surface area contributed by atoms with Crippen LogP contribution in [-0.4, -0.2) is 84.2 Å². The number of carbonyl (C=O) groups excluding carboxylic acids is 4. The average molecular weight is 672 g/mol. The monoisotopic (exact) mass is 671 g/mol. The van der Waals surface area contributed by atoms with E-state index in [1.807, 2.05) is 18.2 Å². The Morgan fingerprint density at radius 1 is 1.19 bits per heavy atom. The molecule has 3 heterocycles. The van der Waals surface area contributed by atoms with E-state index in [1.165, 1.54) is 11.0 Å². The number of carbonyl (C=O) groups is 4. The second kappa shape index (κ2) is 13.7. The van der Waals surface area contributed by atoms with E-state index in [1.54, 1.807) is 33.0 Å². The van der Waals surface area contributed by atoms with Crippen LogP contribution in [0.25, 0.3) is 6.08 Å². The largest absolute Gasteiger partial charge is 0.472 e. The number of cyclic esters (lactones) is 1. The summed E-state index contributed by atoms with van der Waals surface area (Å²) in [6.45, 7) is 9.34. The van der Waals surface area contributed by atoms with Crippen LogP contribution < -0.4 is 20.1 Å². The van der Waals surface area contributed by atoms with Crippen LogP contribution in [0.2, 0.25) is 0 Å². The van der Waals surface area contributed by atoms with Gasteiger partial charge in [0.05, 0.1) is 18.4 Å². The SMILES string of the molecule is C=C[C@@H]1C[C@]1(NC(=O)[C@@H]1C[C@@H]2CN1C(=O)[C@H](C(C)(C)C)NC(=O)OCCCCC/C=C\c1cccnc1O2)C(=O)NS(=O)(=O)C1CC1. The molecule has 3 fully saturated rings. The number of fused-ring (bicyclic) bond motifs is 3. The van der Waals surface area contributed by atoms with Gasteiger partial charge in [-0.25, -0.2) is 18.2 Å². The van der Waals surface area contributed by atoms with Crippen LogP contribution in [0.3, 0.4) is 0 Å². The molecule has 256 valence electrons. The number of sulfonamides is 1. The molecule has 5 atom stereocenters. The van der Waals surface area contributed by atoms with Crippen LogP contribution in [0.15, 0.2) is 37.1 Å². The third-order valence-electron chi connectivity index (χ3n) is 9.10. The van der Waals surface area contributed by atoms with Gasteiger partial charge in [-0.15, -0.1) is 6.58 Å². The van der Waals surface area contributed by atoms with Crippen molar-refractivity contribution in [3.63, 3.8) is 0 Å². The molecule has 0 radical (unpaired) electrons. The van der Waals surface area contributed by atoms with E-state index in [-0.39, 0.29) is 26.0 Å². The van der Waals surface area contributed by atoms with Gasteiger partial charge in [0.15, 0.2) is 0 Å². The zero-order valence-corrected chi connectivity index (χ0v) is 28.0. The van der Waals surface area contributed by atoms with Gasteiger partial charge in [0.2, 0.25) is 27.7 Å². The summed E-state index contributed by atoms with van der Waals surface area (Å²) in [7, 11) is -3.87.